The van der Waals surface area contributed by atoms with E-state index in [-0.39, 0.29) is 6.42 Å². The predicted octanol–water partition coefficient (Wildman–Crippen LogP) is 2.74. The molecule has 1 aromatic rings. The van der Waals surface area contributed by atoms with E-state index in [1.807, 2.05) is 0 Å². The van der Waals surface area contributed by atoms with Crippen LogP contribution >= 0.6 is 0 Å². The first-order valence-corrected chi connectivity index (χ1v) is 4.54. The van der Waals surface area contributed by atoms with E-state index in [0.29, 0.717) is 11.1 Å². The second kappa shape index (κ2) is 4.83. The molecular weight excluding hydrogens is 217 g/mol. The van der Waals surface area contributed by atoms with E-state index >= 15 is 0 Å². The highest BCUT2D eigenvalue weighted by molar-refractivity contribution is 5.76. The van der Waals surface area contributed by atoms with Crippen molar-refractivity contribution in [1.29, 1.82) is 5.41 Å². The van der Waals surface area contributed by atoms with Crippen molar-refractivity contribution < 1.29 is 13.2 Å². The molecule has 0 aliphatic rings. The molecule has 0 saturated heterocycles. The van der Waals surface area contributed by atoms with Crippen LogP contribution in [0.2, 0.25) is 0 Å². The maximum atomic E-state index is 12.4. The summed E-state index contributed by atoms with van der Waals surface area (Å²) in [5.41, 5.74) is 5.48. The zero-order valence-electron chi connectivity index (χ0n) is 8.38. The maximum Gasteiger partial charge on any atom is 0.416 e. The molecule has 2 nitrogen and oxygen atoms in total. The highest BCUT2D eigenvalue weighted by Crippen LogP contribution is 2.29. The van der Waals surface area contributed by atoms with Gasteiger partial charge in [-0.25, -0.2) is 0 Å². The molecule has 0 aliphatic heterocycles. The van der Waals surface area contributed by atoms with Crippen molar-refractivity contribution in [2.75, 3.05) is 0 Å². The summed E-state index contributed by atoms with van der Waals surface area (Å²) in [7, 11) is 0. The summed E-state index contributed by atoms with van der Waals surface area (Å²) >= 11 is 0. The third-order valence-corrected chi connectivity index (χ3v) is 2.06. The highest BCUT2D eigenvalue weighted by atomic mass is 19.4. The minimum absolute atomic E-state index is 0.226. The van der Waals surface area contributed by atoms with Crippen molar-refractivity contribution in [3.63, 3.8) is 0 Å². The van der Waals surface area contributed by atoms with Crippen LogP contribution < -0.4 is 5.73 Å². The van der Waals surface area contributed by atoms with Crippen LogP contribution in [0.4, 0.5) is 13.2 Å². The van der Waals surface area contributed by atoms with Gasteiger partial charge in [0, 0.05) is 12.6 Å². The van der Waals surface area contributed by atoms with E-state index < -0.39 is 11.7 Å². The van der Waals surface area contributed by atoms with Crippen molar-refractivity contribution in [2.24, 2.45) is 5.73 Å². The van der Waals surface area contributed by atoms with Gasteiger partial charge in [0.1, 0.15) is 0 Å². The molecule has 0 aliphatic carbocycles. The summed E-state index contributed by atoms with van der Waals surface area (Å²) < 4.78 is 37.2. The molecule has 0 unspecified atom stereocenters. The van der Waals surface area contributed by atoms with Gasteiger partial charge in [-0.2, -0.15) is 13.2 Å². The summed E-state index contributed by atoms with van der Waals surface area (Å²) in [6.45, 7) is 0. The Kier molecular flexibility index (Phi) is 3.71. The van der Waals surface area contributed by atoms with Gasteiger partial charge in [-0.3, -0.25) is 0 Å². The van der Waals surface area contributed by atoms with Gasteiger partial charge >= 0.3 is 6.18 Å². The van der Waals surface area contributed by atoms with Crippen LogP contribution in [0.5, 0.6) is 0 Å². The molecule has 86 valence electrons. The molecule has 0 heterocycles. The molecule has 0 atom stereocenters. The lowest BCUT2D eigenvalue weighted by molar-refractivity contribution is -0.137. The molecular formula is C11H11F3N2. The number of rotatable bonds is 3. The number of hydrogen-bond acceptors (Lipinski definition) is 2. The van der Waals surface area contributed by atoms with Gasteiger partial charge < -0.3 is 11.1 Å². The van der Waals surface area contributed by atoms with E-state index in [1.165, 1.54) is 12.3 Å². The predicted molar refractivity (Wildman–Crippen MR) is 56.2 cm³/mol. The molecule has 0 saturated carbocycles. The topological polar surface area (TPSA) is 49.9 Å². The lowest BCUT2D eigenvalue weighted by atomic mass is 10.0. The largest absolute Gasteiger partial charge is 0.416 e. The van der Waals surface area contributed by atoms with Crippen LogP contribution in [0.25, 0.3) is 0 Å². The fraction of sp³-hybridized carbons (Fsp3) is 0.182. The van der Waals surface area contributed by atoms with Crippen LogP contribution in [0.1, 0.15) is 11.1 Å². The van der Waals surface area contributed by atoms with Gasteiger partial charge in [0.05, 0.1) is 5.56 Å². The average Bonchev–Trinajstić information content (AvgIpc) is 2.25. The Morgan fingerprint density at radius 1 is 1.38 bits per heavy atom. The number of hydrogen-bond donors (Lipinski definition) is 2. The van der Waals surface area contributed by atoms with Gasteiger partial charge in [0.2, 0.25) is 0 Å². The summed E-state index contributed by atoms with van der Waals surface area (Å²) in [6.07, 6.45) is -1.87. The van der Waals surface area contributed by atoms with Gasteiger partial charge in [-0.15, -0.1) is 0 Å². The minimum atomic E-state index is -4.34. The maximum absolute atomic E-state index is 12.4. The quantitative estimate of drug-likeness (QED) is 0.768. The molecule has 1 aromatic carbocycles. The molecule has 0 spiro atoms. The van der Waals surface area contributed by atoms with E-state index in [9.17, 15) is 13.2 Å². The second-order valence-corrected chi connectivity index (χ2v) is 3.26. The number of halogens is 3. The Labute approximate surface area is 91.1 Å². The average molecular weight is 228 g/mol. The summed E-state index contributed by atoms with van der Waals surface area (Å²) in [4.78, 5) is 0. The Morgan fingerprint density at radius 3 is 2.56 bits per heavy atom. The smallest absolute Gasteiger partial charge is 0.404 e. The van der Waals surface area contributed by atoms with Crippen LogP contribution in [0.15, 0.2) is 36.0 Å². The second-order valence-electron chi connectivity index (χ2n) is 3.26. The molecule has 3 N–H and O–H groups in total. The van der Waals surface area contributed by atoms with E-state index in [0.717, 1.165) is 18.3 Å². The lowest BCUT2D eigenvalue weighted by Gasteiger charge is -2.08. The Bertz CT molecular complexity index is 408. The summed E-state index contributed by atoms with van der Waals surface area (Å²) in [5.74, 6) is 0. The van der Waals surface area contributed by atoms with Gasteiger partial charge in [-0.1, -0.05) is 18.2 Å². The number of nitrogens with one attached hydrogen (secondary N) is 1. The zero-order chi connectivity index (χ0) is 12.2. The summed E-state index contributed by atoms with van der Waals surface area (Å²) in [5, 5.41) is 6.99. The third kappa shape index (κ3) is 3.12. The number of nitrogens with two attached hydrogens (primary N) is 1. The van der Waals surface area contributed by atoms with Gasteiger partial charge in [0.15, 0.2) is 0 Å². The van der Waals surface area contributed by atoms with Crippen LogP contribution in [-0.4, -0.2) is 6.21 Å². The molecule has 0 radical (unpaired) electrons. The third-order valence-electron chi connectivity index (χ3n) is 2.06. The molecule has 1 rings (SSSR count). The van der Waals surface area contributed by atoms with Gasteiger partial charge in [-0.05, 0) is 23.4 Å². The summed E-state index contributed by atoms with van der Waals surface area (Å²) in [6, 6.07) is 4.99. The standard InChI is InChI=1S/C11H11F3N2/c12-11(13,14)10-3-1-2-8(5-10)4-9(6-15)7-16/h1-3,5-7,15H,4,16H2/b9-7-,15-6?. The number of allylic oxidation sites excluding steroid dienone is 1. The van der Waals surface area contributed by atoms with Crippen molar-refractivity contribution in [3.8, 4) is 0 Å². The van der Waals surface area contributed by atoms with Gasteiger partial charge in [0.25, 0.3) is 0 Å². The lowest BCUT2D eigenvalue weighted by Crippen LogP contribution is -2.05. The Hall–Kier alpha value is -1.78. The molecule has 5 heteroatoms. The van der Waals surface area contributed by atoms with Crippen molar-refractivity contribution in [3.05, 3.63) is 47.2 Å². The molecule has 0 amide bonds. The Balaban J connectivity index is 2.95. The van der Waals surface area contributed by atoms with E-state index in [2.05, 4.69) is 0 Å². The SMILES string of the molecule is N=C/C(=C\N)Cc1cccc(C(F)(F)F)c1. The molecule has 0 bridgehead atoms. The first kappa shape index (κ1) is 12.3. The highest BCUT2D eigenvalue weighted by Gasteiger charge is 2.30. The van der Waals surface area contributed by atoms with E-state index in [4.69, 9.17) is 11.1 Å². The number of benzene rings is 1. The molecule has 0 fully saturated rings. The van der Waals surface area contributed by atoms with Crippen LogP contribution in [-0.2, 0) is 12.6 Å². The molecule has 0 aromatic heterocycles. The Morgan fingerprint density at radius 2 is 2.06 bits per heavy atom. The first-order chi connectivity index (χ1) is 7.47. The molecule has 16 heavy (non-hydrogen) atoms. The van der Waals surface area contributed by atoms with Crippen molar-refractivity contribution in [2.45, 2.75) is 12.6 Å². The fourth-order valence-electron chi connectivity index (χ4n) is 1.25. The minimum Gasteiger partial charge on any atom is -0.404 e. The fourth-order valence-corrected chi connectivity index (χ4v) is 1.25. The van der Waals surface area contributed by atoms with Crippen molar-refractivity contribution in [1.82, 2.24) is 0 Å². The first-order valence-electron chi connectivity index (χ1n) is 4.54. The van der Waals surface area contributed by atoms with Crippen LogP contribution in [0.3, 0.4) is 0 Å². The number of alkyl halides is 3. The van der Waals surface area contributed by atoms with E-state index in [1.54, 1.807) is 6.07 Å². The van der Waals surface area contributed by atoms with Crippen LogP contribution in [0, 0.1) is 5.41 Å². The monoisotopic (exact) mass is 228 g/mol. The zero-order valence-corrected chi connectivity index (χ0v) is 8.38. The van der Waals surface area contributed by atoms with Crippen molar-refractivity contribution >= 4 is 6.21 Å². The normalized spacial score (nSPS) is 12.6.